The van der Waals surface area contributed by atoms with Crippen molar-refractivity contribution in [2.24, 2.45) is 5.92 Å². The number of aliphatic carboxylic acids is 1. The largest absolute Gasteiger partial charge is 0.481 e. The molecule has 182 valence electrons. The van der Waals surface area contributed by atoms with Crippen molar-refractivity contribution >= 4 is 18.0 Å². The first kappa shape index (κ1) is 25.3. The quantitative estimate of drug-likeness (QED) is 0.470. The first-order chi connectivity index (χ1) is 16.3. The van der Waals surface area contributed by atoms with E-state index in [1.165, 1.54) is 0 Å². The van der Waals surface area contributed by atoms with Crippen LogP contribution in [-0.2, 0) is 14.3 Å². The van der Waals surface area contributed by atoms with Gasteiger partial charge < -0.3 is 20.1 Å². The Bertz CT molecular complexity index is 974. The van der Waals surface area contributed by atoms with Crippen LogP contribution >= 0.6 is 0 Å². The minimum Gasteiger partial charge on any atom is -0.481 e. The number of benzene rings is 2. The summed E-state index contributed by atoms with van der Waals surface area (Å²) >= 11 is 0. The fourth-order valence-corrected chi connectivity index (χ4v) is 4.48. The Morgan fingerprint density at radius 2 is 1.59 bits per heavy atom. The van der Waals surface area contributed by atoms with Crippen molar-refractivity contribution in [3.8, 4) is 11.1 Å². The zero-order chi connectivity index (χ0) is 24.7. The standard InChI is InChI=1S/C27H34N2O5/c1-4-29(16-10-9-15-24(30)31)26(32)25(18(2)3)28-27(33)34-17-23-21-13-7-5-11-19(21)20-12-6-8-14-22(20)23/h5-8,11-14,18,23,25H,4,9-10,15-17H2,1-3H3,(H,28,33)(H,30,31). The molecule has 0 spiro atoms. The van der Waals surface area contributed by atoms with Crippen LogP contribution in [0.25, 0.3) is 11.1 Å². The lowest BCUT2D eigenvalue weighted by atomic mass is 9.98. The van der Waals surface area contributed by atoms with Gasteiger partial charge in [-0.25, -0.2) is 4.79 Å². The van der Waals surface area contributed by atoms with Crippen LogP contribution in [0, 0.1) is 5.92 Å². The SMILES string of the molecule is CCN(CCCCC(=O)O)C(=O)C(NC(=O)OCC1c2ccccc2-c2ccccc21)C(C)C. The lowest BCUT2D eigenvalue weighted by Crippen LogP contribution is -2.51. The average molecular weight is 467 g/mol. The Labute approximate surface area is 201 Å². The summed E-state index contributed by atoms with van der Waals surface area (Å²) in [5, 5.41) is 11.6. The molecule has 3 rings (SSSR count). The Morgan fingerprint density at radius 1 is 1.00 bits per heavy atom. The molecule has 2 amide bonds. The zero-order valence-electron chi connectivity index (χ0n) is 20.1. The molecule has 2 aromatic rings. The molecule has 1 atom stereocenters. The topological polar surface area (TPSA) is 95.9 Å². The minimum atomic E-state index is -0.841. The first-order valence-electron chi connectivity index (χ1n) is 12.0. The van der Waals surface area contributed by atoms with Crippen LogP contribution < -0.4 is 5.32 Å². The van der Waals surface area contributed by atoms with E-state index in [2.05, 4.69) is 29.6 Å². The van der Waals surface area contributed by atoms with E-state index in [0.29, 0.717) is 25.9 Å². The number of carboxylic acids is 1. The summed E-state index contributed by atoms with van der Waals surface area (Å²) in [7, 11) is 0. The molecule has 0 saturated carbocycles. The average Bonchev–Trinajstić information content (AvgIpc) is 3.14. The van der Waals surface area contributed by atoms with E-state index in [4.69, 9.17) is 9.84 Å². The molecule has 0 saturated heterocycles. The van der Waals surface area contributed by atoms with Gasteiger partial charge in [0.25, 0.3) is 0 Å². The van der Waals surface area contributed by atoms with Crippen LogP contribution in [0.2, 0.25) is 0 Å². The fourth-order valence-electron chi connectivity index (χ4n) is 4.48. The molecule has 2 aromatic carbocycles. The number of rotatable bonds is 11. The second kappa shape index (κ2) is 11.7. The van der Waals surface area contributed by atoms with Crippen LogP contribution in [0.15, 0.2) is 48.5 Å². The number of carbonyl (C=O) groups excluding carboxylic acids is 2. The van der Waals surface area contributed by atoms with Gasteiger partial charge in [-0.05, 0) is 47.9 Å². The van der Waals surface area contributed by atoms with Crippen LogP contribution in [0.1, 0.15) is 57.1 Å². The second-order valence-corrected chi connectivity index (χ2v) is 8.96. The van der Waals surface area contributed by atoms with Gasteiger partial charge in [0.2, 0.25) is 5.91 Å². The van der Waals surface area contributed by atoms with Gasteiger partial charge in [-0.2, -0.15) is 0 Å². The number of hydrogen-bond acceptors (Lipinski definition) is 4. The maximum Gasteiger partial charge on any atom is 0.407 e. The molecule has 7 nitrogen and oxygen atoms in total. The van der Waals surface area contributed by atoms with Crippen molar-refractivity contribution in [1.82, 2.24) is 10.2 Å². The molecule has 0 aromatic heterocycles. The van der Waals surface area contributed by atoms with Crippen molar-refractivity contribution in [3.63, 3.8) is 0 Å². The molecular formula is C27H34N2O5. The van der Waals surface area contributed by atoms with Gasteiger partial charge in [-0.1, -0.05) is 62.4 Å². The summed E-state index contributed by atoms with van der Waals surface area (Å²) < 4.78 is 5.62. The van der Waals surface area contributed by atoms with E-state index in [1.54, 1.807) is 4.90 Å². The van der Waals surface area contributed by atoms with Crippen molar-refractivity contribution in [2.45, 2.75) is 52.0 Å². The molecular weight excluding hydrogens is 432 g/mol. The van der Waals surface area contributed by atoms with Gasteiger partial charge in [-0.15, -0.1) is 0 Å². The number of nitrogens with zero attached hydrogens (tertiary/aromatic N) is 1. The third kappa shape index (κ3) is 5.95. The van der Waals surface area contributed by atoms with Gasteiger partial charge >= 0.3 is 12.1 Å². The third-order valence-electron chi connectivity index (χ3n) is 6.31. The van der Waals surface area contributed by atoms with Gasteiger partial charge in [0.1, 0.15) is 12.6 Å². The molecule has 1 unspecified atom stereocenters. The summed E-state index contributed by atoms with van der Waals surface area (Å²) in [6, 6.07) is 15.6. The number of unbranched alkanes of at least 4 members (excludes halogenated alkanes) is 1. The highest BCUT2D eigenvalue weighted by molar-refractivity contribution is 5.86. The van der Waals surface area contributed by atoms with E-state index in [9.17, 15) is 14.4 Å². The number of carbonyl (C=O) groups is 3. The maximum absolute atomic E-state index is 13.1. The molecule has 2 N–H and O–H groups in total. The Hall–Kier alpha value is -3.35. The van der Waals surface area contributed by atoms with Crippen LogP contribution in [-0.4, -0.2) is 53.7 Å². The number of ether oxygens (including phenoxy) is 1. The maximum atomic E-state index is 13.1. The first-order valence-corrected chi connectivity index (χ1v) is 12.0. The highest BCUT2D eigenvalue weighted by atomic mass is 16.5. The predicted molar refractivity (Wildman–Crippen MR) is 131 cm³/mol. The molecule has 0 radical (unpaired) electrons. The highest BCUT2D eigenvalue weighted by Gasteiger charge is 2.31. The summed E-state index contributed by atoms with van der Waals surface area (Å²) in [6.45, 7) is 6.76. The summed E-state index contributed by atoms with van der Waals surface area (Å²) in [5.41, 5.74) is 4.57. The molecule has 34 heavy (non-hydrogen) atoms. The fraction of sp³-hybridized carbons (Fsp3) is 0.444. The van der Waals surface area contributed by atoms with Crippen LogP contribution in [0.3, 0.4) is 0 Å². The molecule has 1 aliphatic rings. The molecule has 0 heterocycles. The van der Waals surface area contributed by atoms with Crippen molar-refractivity contribution in [1.29, 1.82) is 0 Å². The Balaban J connectivity index is 1.61. The summed E-state index contributed by atoms with van der Waals surface area (Å²) in [4.78, 5) is 38.2. The van der Waals surface area contributed by atoms with E-state index in [0.717, 1.165) is 22.3 Å². The third-order valence-corrected chi connectivity index (χ3v) is 6.31. The molecule has 0 bridgehead atoms. The molecule has 0 aliphatic heterocycles. The van der Waals surface area contributed by atoms with E-state index in [1.807, 2.05) is 45.0 Å². The Morgan fingerprint density at radius 3 is 2.12 bits per heavy atom. The summed E-state index contributed by atoms with van der Waals surface area (Å²) in [5.74, 6) is -1.19. The van der Waals surface area contributed by atoms with Crippen molar-refractivity contribution < 1.29 is 24.2 Å². The number of likely N-dealkylation sites (N-methyl/N-ethyl adjacent to an activating group) is 1. The van der Waals surface area contributed by atoms with Crippen LogP contribution in [0.4, 0.5) is 4.79 Å². The van der Waals surface area contributed by atoms with Gasteiger partial charge in [0.15, 0.2) is 0 Å². The lowest BCUT2D eigenvalue weighted by Gasteiger charge is -2.29. The Kier molecular flexibility index (Phi) is 8.68. The smallest absolute Gasteiger partial charge is 0.407 e. The second-order valence-electron chi connectivity index (χ2n) is 8.96. The van der Waals surface area contributed by atoms with Crippen molar-refractivity contribution in [3.05, 3.63) is 59.7 Å². The number of fused-ring (bicyclic) bond motifs is 3. The van der Waals surface area contributed by atoms with E-state index < -0.39 is 18.1 Å². The number of amides is 2. The van der Waals surface area contributed by atoms with E-state index in [-0.39, 0.29) is 30.8 Å². The summed E-state index contributed by atoms with van der Waals surface area (Å²) in [6.07, 6.45) is 0.570. The van der Waals surface area contributed by atoms with Gasteiger partial charge in [-0.3, -0.25) is 9.59 Å². The highest BCUT2D eigenvalue weighted by Crippen LogP contribution is 2.44. The molecule has 7 heteroatoms. The van der Waals surface area contributed by atoms with Crippen LogP contribution in [0.5, 0.6) is 0 Å². The number of hydrogen-bond donors (Lipinski definition) is 2. The van der Waals surface area contributed by atoms with Gasteiger partial charge in [0, 0.05) is 25.4 Å². The lowest BCUT2D eigenvalue weighted by molar-refractivity contribution is -0.137. The minimum absolute atomic E-state index is 0.0484. The number of nitrogens with one attached hydrogen (secondary N) is 1. The number of carboxylic acid groups (broad SMARTS) is 1. The van der Waals surface area contributed by atoms with E-state index >= 15 is 0 Å². The van der Waals surface area contributed by atoms with Crippen molar-refractivity contribution in [2.75, 3.05) is 19.7 Å². The van der Waals surface area contributed by atoms with Gasteiger partial charge in [0.05, 0.1) is 0 Å². The number of alkyl carbamates (subject to hydrolysis) is 1. The molecule has 0 fully saturated rings. The monoisotopic (exact) mass is 466 g/mol. The zero-order valence-corrected chi connectivity index (χ0v) is 20.1. The predicted octanol–water partition coefficient (Wildman–Crippen LogP) is 4.65. The normalized spacial score (nSPS) is 13.2. The molecule has 1 aliphatic carbocycles.